The van der Waals surface area contributed by atoms with E-state index < -0.39 is 14.4 Å². The quantitative estimate of drug-likeness (QED) is 0.467. The van der Waals surface area contributed by atoms with Crippen molar-refractivity contribution < 1.29 is 14.3 Å². The monoisotopic (exact) mass is 418 g/mol. The Balaban J connectivity index is 1.71. The molecule has 30 heavy (non-hydrogen) atoms. The van der Waals surface area contributed by atoms with Crippen molar-refractivity contribution in [2.75, 3.05) is 6.61 Å². The molecule has 3 aromatic carbocycles. The van der Waals surface area contributed by atoms with E-state index in [1.54, 1.807) is 0 Å². The van der Waals surface area contributed by atoms with Crippen molar-refractivity contribution >= 4 is 18.7 Å². The first-order valence-corrected chi connectivity index (χ1v) is 12.5. The fourth-order valence-corrected chi connectivity index (χ4v) is 8.59. The second kappa shape index (κ2) is 8.38. The molecule has 0 radical (unpaired) electrons. The molecule has 1 saturated heterocycles. The summed E-state index contributed by atoms with van der Waals surface area (Å²) in [7, 11) is -2.62. The number of epoxide rings is 1. The van der Waals surface area contributed by atoms with Crippen LogP contribution in [0.2, 0.25) is 5.04 Å². The van der Waals surface area contributed by atoms with Gasteiger partial charge in [-0.25, -0.2) is 0 Å². The second-order valence-electron chi connectivity index (χ2n) is 9.05. The van der Waals surface area contributed by atoms with Gasteiger partial charge in [-0.1, -0.05) is 93.6 Å². The van der Waals surface area contributed by atoms with E-state index in [9.17, 15) is 5.11 Å². The summed E-state index contributed by atoms with van der Waals surface area (Å²) in [6.07, 6.45) is 0.163. The molecule has 0 amide bonds. The Kier molecular flexibility index (Phi) is 5.83. The third-order valence-electron chi connectivity index (χ3n) is 5.84. The van der Waals surface area contributed by atoms with Crippen molar-refractivity contribution in [3.8, 4) is 5.75 Å². The van der Waals surface area contributed by atoms with E-state index in [2.05, 4.69) is 93.6 Å². The van der Waals surface area contributed by atoms with Gasteiger partial charge in [0.15, 0.2) is 0 Å². The van der Waals surface area contributed by atoms with E-state index in [1.807, 2.05) is 12.1 Å². The smallest absolute Gasteiger partial charge is 0.319 e. The van der Waals surface area contributed by atoms with Crippen molar-refractivity contribution in [3.05, 3.63) is 90.5 Å². The number of aliphatic hydroxyl groups is 1. The van der Waals surface area contributed by atoms with Crippen LogP contribution in [0.15, 0.2) is 84.9 Å². The second-order valence-corrected chi connectivity index (χ2v) is 13.3. The van der Waals surface area contributed by atoms with E-state index in [1.165, 1.54) is 10.4 Å². The van der Waals surface area contributed by atoms with Crippen molar-refractivity contribution in [1.29, 1.82) is 0 Å². The Labute approximate surface area is 180 Å². The number of aliphatic hydroxyl groups excluding tert-OH is 1. The minimum absolute atomic E-state index is 0.00182. The van der Waals surface area contributed by atoms with Crippen molar-refractivity contribution in [2.24, 2.45) is 0 Å². The van der Waals surface area contributed by atoms with Crippen molar-refractivity contribution in [1.82, 2.24) is 0 Å². The highest BCUT2D eigenvalue weighted by Gasteiger charge is 2.52. The Bertz CT molecular complexity index is 906. The number of benzene rings is 3. The summed E-state index contributed by atoms with van der Waals surface area (Å²) in [4.78, 5) is 0. The molecule has 1 aliphatic heterocycles. The number of ether oxygens (including phenoxy) is 1. The van der Waals surface area contributed by atoms with Gasteiger partial charge in [0, 0.05) is 6.42 Å². The molecule has 0 saturated carbocycles. The summed E-state index contributed by atoms with van der Waals surface area (Å²) < 4.78 is 12.2. The molecular weight excluding hydrogens is 388 g/mol. The van der Waals surface area contributed by atoms with E-state index in [4.69, 9.17) is 9.16 Å². The molecule has 3 nitrogen and oxygen atoms in total. The first-order valence-electron chi connectivity index (χ1n) is 10.6. The van der Waals surface area contributed by atoms with Crippen molar-refractivity contribution in [2.45, 2.75) is 44.4 Å². The van der Waals surface area contributed by atoms with Crippen LogP contribution < -0.4 is 14.8 Å². The maximum absolute atomic E-state index is 10.2. The maximum atomic E-state index is 10.2. The van der Waals surface area contributed by atoms with Crippen molar-refractivity contribution in [3.63, 3.8) is 0 Å². The lowest BCUT2D eigenvalue weighted by Gasteiger charge is -2.43. The van der Waals surface area contributed by atoms with E-state index >= 15 is 0 Å². The van der Waals surface area contributed by atoms with Crippen LogP contribution >= 0.6 is 0 Å². The molecule has 0 unspecified atom stereocenters. The predicted octanol–water partition coefficient (Wildman–Crippen LogP) is 3.93. The average molecular weight is 419 g/mol. The zero-order valence-electron chi connectivity index (χ0n) is 17.9. The van der Waals surface area contributed by atoms with Crippen LogP contribution in [0, 0.1) is 0 Å². The minimum atomic E-state index is -2.62. The fourth-order valence-electron chi connectivity index (χ4n) is 4.17. The molecule has 0 bridgehead atoms. The SMILES string of the molecule is CC(C)(C)[Si](Oc1ccc(C[C@H](O)[C@H]2CO2)cc1)(c1ccccc1)c1ccccc1. The maximum Gasteiger partial charge on any atom is 0.319 e. The van der Waals surface area contributed by atoms with Crippen LogP contribution in [-0.4, -0.2) is 32.2 Å². The molecule has 0 spiro atoms. The molecular formula is C26H30O3Si. The zero-order chi connectivity index (χ0) is 21.2. The average Bonchev–Trinajstić information content (AvgIpc) is 3.59. The highest BCUT2D eigenvalue weighted by Crippen LogP contribution is 2.37. The van der Waals surface area contributed by atoms with Crippen LogP contribution in [-0.2, 0) is 11.2 Å². The van der Waals surface area contributed by atoms with Crippen LogP contribution in [0.4, 0.5) is 0 Å². The van der Waals surface area contributed by atoms with Gasteiger partial charge in [0.05, 0.1) is 12.7 Å². The highest BCUT2D eigenvalue weighted by molar-refractivity contribution is 7.00. The van der Waals surface area contributed by atoms with Gasteiger partial charge in [0.1, 0.15) is 11.9 Å². The Hall–Kier alpha value is -2.40. The summed E-state index contributed by atoms with van der Waals surface area (Å²) in [6, 6.07) is 29.5. The molecule has 2 atom stereocenters. The van der Waals surface area contributed by atoms with Crippen LogP contribution in [0.3, 0.4) is 0 Å². The highest BCUT2D eigenvalue weighted by atomic mass is 28.4. The summed E-state index contributed by atoms with van der Waals surface area (Å²) in [6.45, 7) is 7.50. The van der Waals surface area contributed by atoms with Gasteiger partial charge in [-0.05, 0) is 33.1 Å². The lowest BCUT2D eigenvalue weighted by Crippen LogP contribution is -2.68. The molecule has 1 heterocycles. The Morgan fingerprint density at radius 2 is 1.40 bits per heavy atom. The molecule has 156 valence electrons. The summed E-state index contributed by atoms with van der Waals surface area (Å²) >= 11 is 0. The number of hydrogen-bond acceptors (Lipinski definition) is 3. The standard InChI is InChI=1S/C26H30O3Si/c1-26(2,3)30(22-10-6-4-7-11-22,23-12-8-5-9-13-23)29-21-16-14-20(15-17-21)18-24(27)25-19-28-25/h4-17,24-25,27H,18-19H2,1-3H3/t24-,25+/m0/s1. The van der Waals surface area contributed by atoms with Gasteiger partial charge in [0.25, 0.3) is 0 Å². The van der Waals surface area contributed by atoms with Gasteiger partial charge >= 0.3 is 8.32 Å². The number of rotatable bonds is 7. The summed E-state index contributed by atoms with van der Waals surface area (Å²) in [5.74, 6) is 0.866. The Morgan fingerprint density at radius 3 is 1.83 bits per heavy atom. The molecule has 0 aliphatic carbocycles. The van der Waals surface area contributed by atoms with Gasteiger partial charge in [-0.2, -0.15) is 0 Å². The van der Waals surface area contributed by atoms with E-state index in [-0.39, 0.29) is 11.1 Å². The molecule has 4 rings (SSSR count). The van der Waals surface area contributed by atoms with Gasteiger partial charge in [0.2, 0.25) is 0 Å². The van der Waals surface area contributed by atoms with Crippen LogP contribution in [0.1, 0.15) is 26.3 Å². The molecule has 3 aromatic rings. The first-order chi connectivity index (χ1) is 14.4. The topological polar surface area (TPSA) is 42.0 Å². The third kappa shape index (κ3) is 4.22. The summed E-state index contributed by atoms with van der Waals surface area (Å²) in [5, 5.41) is 12.6. The summed E-state index contributed by atoms with van der Waals surface area (Å²) in [5.41, 5.74) is 1.09. The molecule has 4 heteroatoms. The van der Waals surface area contributed by atoms with Crippen LogP contribution in [0.25, 0.3) is 0 Å². The normalized spacial score (nSPS) is 17.4. The van der Waals surface area contributed by atoms with Gasteiger partial charge < -0.3 is 14.3 Å². The van der Waals surface area contributed by atoms with E-state index in [0.29, 0.717) is 13.0 Å². The molecule has 1 fully saturated rings. The molecule has 1 N–H and O–H groups in total. The molecule has 1 aliphatic rings. The first kappa shape index (κ1) is 20.9. The lowest BCUT2D eigenvalue weighted by molar-refractivity contribution is 0.135. The van der Waals surface area contributed by atoms with Gasteiger partial charge in [-0.3, -0.25) is 0 Å². The van der Waals surface area contributed by atoms with Crippen LogP contribution in [0.5, 0.6) is 5.75 Å². The lowest BCUT2D eigenvalue weighted by atomic mass is 10.1. The van der Waals surface area contributed by atoms with E-state index in [0.717, 1.165) is 11.3 Å². The fraction of sp³-hybridized carbons (Fsp3) is 0.308. The third-order valence-corrected chi connectivity index (χ3v) is 10.8. The molecule has 0 aromatic heterocycles. The largest absolute Gasteiger partial charge is 0.534 e. The predicted molar refractivity (Wildman–Crippen MR) is 124 cm³/mol. The van der Waals surface area contributed by atoms with Gasteiger partial charge in [-0.15, -0.1) is 0 Å². The minimum Gasteiger partial charge on any atom is -0.534 e. The number of hydrogen-bond donors (Lipinski definition) is 1. The Morgan fingerprint density at radius 1 is 0.900 bits per heavy atom. The zero-order valence-corrected chi connectivity index (χ0v) is 18.9.